The van der Waals surface area contributed by atoms with Crippen LogP contribution in [-0.4, -0.2) is 17.6 Å². The second-order valence-corrected chi connectivity index (χ2v) is 6.19. The molecule has 0 amide bonds. The van der Waals surface area contributed by atoms with E-state index >= 15 is 0 Å². The van der Waals surface area contributed by atoms with Gasteiger partial charge in [-0.2, -0.15) is 0 Å². The minimum absolute atomic E-state index is 0.581. The van der Waals surface area contributed by atoms with E-state index in [1.165, 1.54) is 43.2 Å². The van der Waals surface area contributed by atoms with Crippen molar-refractivity contribution in [2.45, 2.75) is 38.3 Å². The molecule has 3 heteroatoms. The standard InChI is InChI=1S/C17H21N3/c18-10-13-9-17(19-16-4-2-1-3-15(13)16)20(14-7-8-14)11-12-5-6-12/h1-4,9,12,14H,5-8,10-11,18H2. The molecule has 2 saturated carbocycles. The predicted octanol–water partition coefficient (Wildman–Crippen LogP) is 3.07. The largest absolute Gasteiger partial charge is 0.353 e. The molecule has 0 spiro atoms. The zero-order valence-electron chi connectivity index (χ0n) is 11.8. The van der Waals surface area contributed by atoms with Gasteiger partial charge in [-0.05, 0) is 49.3 Å². The van der Waals surface area contributed by atoms with Gasteiger partial charge in [-0.1, -0.05) is 18.2 Å². The van der Waals surface area contributed by atoms with Crippen LogP contribution in [0.2, 0.25) is 0 Å². The second kappa shape index (κ2) is 4.74. The number of nitrogens with zero attached hydrogens (tertiary/aromatic N) is 2. The average molecular weight is 267 g/mol. The van der Waals surface area contributed by atoms with Gasteiger partial charge in [-0.15, -0.1) is 0 Å². The highest BCUT2D eigenvalue weighted by Crippen LogP contribution is 2.38. The van der Waals surface area contributed by atoms with Crippen LogP contribution in [0.4, 0.5) is 5.82 Å². The molecule has 1 heterocycles. The first-order valence-electron chi connectivity index (χ1n) is 7.70. The quantitative estimate of drug-likeness (QED) is 0.905. The van der Waals surface area contributed by atoms with E-state index in [4.69, 9.17) is 10.7 Å². The van der Waals surface area contributed by atoms with Crippen molar-refractivity contribution in [2.24, 2.45) is 11.7 Å². The molecule has 104 valence electrons. The van der Waals surface area contributed by atoms with E-state index in [-0.39, 0.29) is 0 Å². The summed E-state index contributed by atoms with van der Waals surface area (Å²) in [5.41, 5.74) is 8.23. The number of pyridine rings is 1. The molecule has 0 bridgehead atoms. The first-order valence-corrected chi connectivity index (χ1v) is 7.70. The van der Waals surface area contributed by atoms with Crippen molar-refractivity contribution in [3.63, 3.8) is 0 Å². The Morgan fingerprint density at radius 1 is 1.15 bits per heavy atom. The van der Waals surface area contributed by atoms with Gasteiger partial charge in [0.15, 0.2) is 0 Å². The van der Waals surface area contributed by atoms with Crippen molar-refractivity contribution in [1.82, 2.24) is 4.98 Å². The van der Waals surface area contributed by atoms with Gasteiger partial charge >= 0.3 is 0 Å². The Balaban J connectivity index is 1.77. The number of benzene rings is 1. The maximum atomic E-state index is 5.94. The van der Waals surface area contributed by atoms with Gasteiger partial charge in [0.25, 0.3) is 0 Å². The Labute approximate surface area is 119 Å². The summed E-state index contributed by atoms with van der Waals surface area (Å²) in [7, 11) is 0. The molecule has 1 aromatic carbocycles. The van der Waals surface area contributed by atoms with E-state index in [2.05, 4.69) is 35.2 Å². The van der Waals surface area contributed by atoms with Gasteiger partial charge in [0.05, 0.1) is 5.52 Å². The lowest BCUT2D eigenvalue weighted by Crippen LogP contribution is -2.29. The first-order chi connectivity index (χ1) is 9.85. The van der Waals surface area contributed by atoms with E-state index in [1.807, 2.05) is 0 Å². The smallest absolute Gasteiger partial charge is 0.129 e. The number of fused-ring (bicyclic) bond motifs is 1. The van der Waals surface area contributed by atoms with Gasteiger partial charge in [-0.3, -0.25) is 0 Å². The predicted molar refractivity (Wildman–Crippen MR) is 82.7 cm³/mol. The number of nitrogens with two attached hydrogens (primary N) is 1. The Bertz CT molecular complexity index is 629. The van der Waals surface area contributed by atoms with Crippen LogP contribution in [0.25, 0.3) is 10.9 Å². The molecule has 2 aliphatic rings. The lowest BCUT2D eigenvalue weighted by atomic mass is 10.1. The second-order valence-electron chi connectivity index (χ2n) is 6.19. The molecule has 3 nitrogen and oxygen atoms in total. The maximum absolute atomic E-state index is 5.94. The highest BCUT2D eigenvalue weighted by Gasteiger charge is 2.34. The Kier molecular flexibility index (Phi) is 2.88. The summed E-state index contributed by atoms with van der Waals surface area (Å²) in [6.45, 7) is 1.76. The Hall–Kier alpha value is -1.61. The molecule has 2 fully saturated rings. The fourth-order valence-electron chi connectivity index (χ4n) is 2.94. The van der Waals surface area contributed by atoms with Crippen LogP contribution in [-0.2, 0) is 6.54 Å². The fourth-order valence-corrected chi connectivity index (χ4v) is 2.94. The van der Waals surface area contributed by atoms with E-state index in [9.17, 15) is 0 Å². The third kappa shape index (κ3) is 2.27. The molecule has 2 aliphatic carbocycles. The molecule has 20 heavy (non-hydrogen) atoms. The molecule has 2 N–H and O–H groups in total. The summed E-state index contributed by atoms with van der Waals surface area (Å²) in [6, 6.07) is 11.3. The van der Waals surface area contributed by atoms with Gasteiger partial charge in [0.1, 0.15) is 5.82 Å². The van der Waals surface area contributed by atoms with Crippen molar-refractivity contribution in [3.8, 4) is 0 Å². The van der Waals surface area contributed by atoms with Crippen molar-refractivity contribution in [3.05, 3.63) is 35.9 Å². The molecule has 2 aromatic rings. The number of aromatic nitrogens is 1. The molecule has 0 atom stereocenters. The summed E-state index contributed by atoms with van der Waals surface area (Å²) in [4.78, 5) is 7.43. The topological polar surface area (TPSA) is 42.1 Å². The van der Waals surface area contributed by atoms with Crippen molar-refractivity contribution >= 4 is 16.7 Å². The van der Waals surface area contributed by atoms with Crippen LogP contribution in [0.3, 0.4) is 0 Å². The zero-order valence-corrected chi connectivity index (χ0v) is 11.8. The van der Waals surface area contributed by atoms with Crippen LogP contribution < -0.4 is 10.6 Å². The van der Waals surface area contributed by atoms with Crippen molar-refractivity contribution in [1.29, 1.82) is 0 Å². The summed E-state index contributed by atoms with van der Waals surface area (Å²) >= 11 is 0. The van der Waals surface area contributed by atoms with Gasteiger partial charge in [0.2, 0.25) is 0 Å². The van der Waals surface area contributed by atoms with E-state index in [0.29, 0.717) is 6.54 Å². The molecule has 0 saturated heterocycles. The number of para-hydroxylation sites is 1. The van der Waals surface area contributed by atoms with Gasteiger partial charge in [0, 0.05) is 24.5 Å². The monoisotopic (exact) mass is 267 g/mol. The van der Waals surface area contributed by atoms with Crippen LogP contribution >= 0.6 is 0 Å². The van der Waals surface area contributed by atoms with E-state index < -0.39 is 0 Å². The number of hydrogen-bond donors (Lipinski definition) is 1. The van der Waals surface area contributed by atoms with Gasteiger partial charge < -0.3 is 10.6 Å². The number of rotatable bonds is 5. The molecule has 0 aliphatic heterocycles. The Morgan fingerprint density at radius 2 is 1.95 bits per heavy atom. The first kappa shape index (κ1) is 12.2. The lowest BCUT2D eigenvalue weighted by molar-refractivity contribution is 0.710. The Morgan fingerprint density at radius 3 is 2.65 bits per heavy atom. The molecule has 0 radical (unpaired) electrons. The number of anilines is 1. The van der Waals surface area contributed by atoms with Crippen molar-refractivity contribution < 1.29 is 0 Å². The highest BCUT2D eigenvalue weighted by atomic mass is 15.2. The third-order valence-corrected chi connectivity index (χ3v) is 4.44. The minimum Gasteiger partial charge on any atom is -0.353 e. The maximum Gasteiger partial charge on any atom is 0.129 e. The molecular formula is C17H21N3. The zero-order chi connectivity index (χ0) is 13.5. The van der Waals surface area contributed by atoms with E-state index in [1.54, 1.807) is 0 Å². The highest BCUT2D eigenvalue weighted by molar-refractivity contribution is 5.84. The van der Waals surface area contributed by atoms with Crippen LogP contribution in [0.5, 0.6) is 0 Å². The van der Waals surface area contributed by atoms with Gasteiger partial charge in [-0.25, -0.2) is 4.98 Å². The van der Waals surface area contributed by atoms with Crippen LogP contribution in [0.1, 0.15) is 31.2 Å². The SMILES string of the molecule is NCc1cc(N(CC2CC2)C2CC2)nc2ccccc12. The van der Waals surface area contributed by atoms with Crippen molar-refractivity contribution in [2.75, 3.05) is 11.4 Å². The average Bonchev–Trinajstić information content (AvgIpc) is 3.37. The summed E-state index contributed by atoms with van der Waals surface area (Å²) in [5, 5.41) is 1.20. The summed E-state index contributed by atoms with van der Waals surface area (Å²) in [5.74, 6) is 2.03. The third-order valence-electron chi connectivity index (χ3n) is 4.44. The van der Waals surface area contributed by atoms with Crippen LogP contribution in [0, 0.1) is 5.92 Å². The minimum atomic E-state index is 0.581. The molecular weight excluding hydrogens is 246 g/mol. The molecule has 1 aromatic heterocycles. The summed E-state index contributed by atoms with van der Waals surface area (Å²) in [6.07, 6.45) is 5.42. The summed E-state index contributed by atoms with van der Waals surface area (Å²) < 4.78 is 0. The normalized spacial score (nSPS) is 18.4. The fraction of sp³-hybridized carbons (Fsp3) is 0.471. The van der Waals surface area contributed by atoms with Crippen LogP contribution in [0.15, 0.2) is 30.3 Å². The number of hydrogen-bond acceptors (Lipinski definition) is 3. The molecule has 0 unspecified atom stereocenters. The van der Waals surface area contributed by atoms with E-state index in [0.717, 1.165) is 23.3 Å². The lowest BCUT2D eigenvalue weighted by Gasteiger charge is -2.24. The molecule has 4 rings (SSSR count).